The van der Waals surface area contributed by atoms with E-state index in [1.54, 1.807) is 0 Å². The van der Waals surface area contributed by atoms with Gasteiger partial charge in [0.2, 0.25) is 5.78 Å². The minimum absolute atomic E-state index is 0.0495. The predicted molar refractivity (Wildman–Crippen MR) is 101 cm³/mol. The maximum atomic E-state index is 13.0. The highest BCUT2D eigenvalue weighted by Gasteiger charge is 2.19. The molecule has 1 aromatic heterocycles. The molecular weight excluding hydrogens is 310 g/mol. The topological polar surface area (TPSA) is 58.6 Å². The third-order valence-corrected chi connectivity index (χ3v) is 4.64. The number of nitrogens with one attached hydrogen (secondary N) is 1. The Balaban J connectivity index is 1.72. The Morgan fingerprint density at radius 2 is 1.68 bits per heavy atom. The third-order valence-electron chi connectivity index (χ3n) is 4.64. The molecule has 0 unspecified atom stereocenters. The number of aromatic nitrogens is 3. The highest BCUT2D eigenvalue weighted by atomic mass is 16.1. The monoisotopic (exact) mass is 335 g/mol. The number of rotatable bonds is 9. The molecule has 1 heterocycles. The highest BCUT2D eigenvalue weighted by Crippen LogP contribution is 2.22. The van der Waals surface area contributed by atoms with E-state index in [2.05, 4.69) is 22.3 Å². The van der Waals surface area contributed by atoms with Gasteiger partial charge < -0.3 is 0 Å². The summed E-state index contributed by atoms with van der Waals surface area (Å²) in [7, 11) is 0. The molecule has 3 rings (SSSR count). The van der Waals surface area contributed by atoms with Gasteiger partial charge in [-0.05, 0) is 23.6 Å². The molecule has 0 saturated heterocycles. The van der Waals surface area contributed by atoms with Crippen LogP contribution in [0.25, 0.3) is 10.8 Å². The summed E-state index contributed by atoms with van der Waals surface area (Å²) in [5.41, 5.74) is 1.94. The van der Waals surface area contributed by atoms with Gasteiger partial charge in [0.05, 0.1) is 5.69 Å². The fourth-order valence-corrected chi connectivity index (χ4v) is 3.23. The summed E-state index contributed by atoms with van der Waals surface area (Å²) in [4.78, 5) is 13.0. The molecule has 0 bridgehead atoms. The van der Waals surface area contributed by atoms with Crippen molar-refractivity contribution in [1.82, 2.24) is 15.4 Å². The zero-order valence-corrected chi connectivity index (χ0v) is 14.8. The lowest BCUT2D eigenvalue weighted by molar-refractivity contribution is 0.103. The molecule has 3 aromatic rings. The molecule has 1 N–H and O–H groups in total. The Bertz CT molecular complexity index is 833. The van der Waals surface area contributed by atoms with E-state index >= 15 is 0 Å². The number of H-pyrrole nitrogens is 1. The molecule has 4 nitrogen and oxygen atoms in total. The molecule has 0 aliphatic rings. The van der Waals surface area contributed by atoms with Crippen LogP contribution < -0.4 is 0 Å². The number of hydrogen-bond acceptors (Lipinski definition) is 3. The molecule has 4 heteroatoms. The summed E-state index contributed by atoms with van der Waals surface area (Å²) in [5, 5.41) is 13.0. The van der Waals surface area contributed by atoms with Crippen LogP contribution in [-0.4, -0.2) is 21.2 Å². The molecule has 0 spiro atoms. The molecule has 0 aliphatic heterocycles. The molecule has 0 saturated carbocycles. The SMILES string of the molecule is CCCCCCCCc1n[nH]nc1C(=O)c1cccc2ccccc12. The second kappa shape index (κ2) is 8.56. The fourth-order valence-electron chi connectivity index (χ4n) is 3.23. The van der Waals surface area contributed by atoms with E-state index in [1.807, 2.05) is 42.5 Å². The van der Waals surface area contributed by atoms with Crippen LogP contribution in [0.15, 0.2) is 42.5 Å². The van der Waals surface area contributed by atoms with Gasteiger partial charge in [0.1, 0.15) is 0 Å². The summed E-state index contributed by atoms with van der Waals surface area (Å²) in [6.45, 7) is 2.22. The van der Waals surface area contributed by atoms with Crippen LogP contribution in [0, 0.1) is 0 Å². The first kappa shape index (κ1) is 17.3. The fraction of sp³-hybridized carbons (Fsp3) is 0.381. The average molecular weight is 335 g/mol. The van der Waals surface area contributed by atoms with E-state index < -0.39 is 0 Å². The van der Waals surface area contributed by atoms with Gasteiger partial charge in [-0.25, -0.2) is 0 Å². The molecular formula is C21H25N3O. The van der Waals surface area contributed by atoms with Crippen LogP contribution in [0.1, 0.15) is 67.2 Å². The molecule has 0 fully saturated rings. The smallest absolute Gasteiger partial charge is 0.215 e. The van der Waals surface area contributed by atoms with E-state index in [0.29, 0.717) is 11.3 Å². The van der Waals surface area contributed by atoms with Crippen molar-refractivity contribution in [3.63, 3.8) is 0 Å². The maximum Gasteiger partial charge on any atom is 0.215 e. The predicted octanol–water partition coefficient (Wildman–Crippen LogP) is 5.09. The lowest BCUT2D eigenvalue weighted by Crippen LogP contribution is -2.06. The molecule has 25 heavy (non-hydrogen) atoms. The zero-order chi connectivity index (χ0) is 17.5. The number of fused-ring (bicyclic) bond motifs is 1. The molecule has 0 radical (unpaired) electrons. The van der Waals surface area contributed by atoms with E-state index in [-0.39, 0.29) is 5.78 Å². The minimum Gasteiger partial charge on any atom is -0.287 e. The summed E-state index contributed by atoms with van der Waals surface area (Å²) >= 11 is 0. The van der Waals surface area contributed by atoms with Crippen LogP contribution in [0.4, 0.5) is 0 Å². The molecule has 0 atom stereocenters. The van der Waals surface area contributed by atoms with E-state index in [0.717, 1.165) is 29.3 Å². The Hall–Kier alpha value is -2.49. The second-order valence-corrected chi connectivity index (χ2v) is 6.49. The molecule has 2 aromatic carbocycles. The Morgan fingerprint density at radius 1 is 0.920 bits per heavy atom. The maximum absolute atomic E-state index is 13.0. The summed E-state index contributed by atoms with van der Waals surface area (Å²) in [6.07, 6.45) is 8.12. The van der Waals surface area contributed by atoms with Crippen molar-refractivity contribution in [1.29, 1.82) is 0 Å². The summed E-state index contributed by atoms with van der Waals surface area (Å²) in [6, 6.07) is 13.8. The van der Waals surface area contributed by atoms with Crippen LogP contribution in [-0.2, 0) is 6.42 Å². The van der Waals surface area contributed by atoms with E-state index in [1.165, 1.54) is 32.1 Å². The van der Waals surface area contributed by atoms with Gasteiger partial charge >= 0.3 is 0 Å². The number of nitrogens with zero attached hydrogens (tertiary/aromatic N) is 2. The van der Waals surface area contributed by atoms with Gasteiger partial charge in [0.25, 0.3) is 0 Å². The lowest BCUT2D eigenvalue weighted by Gasteiger charge is -2.05. The lowest BCUT2D eigenvalue weighted by atomic mass is 9.98. The third kappa shape index (κ3) is 4.13. The van der Waals surface area contributed by atoms with E-state index in [9.17, 15) is 4.79 Å². The van der Waals surface area contributed by atoms with Gasteiger partial charge in [0.15, 0.2) is 5.69 Å². The number of ketones is 1. The average Bonchev–Trinajstić information content (AvgIpc) is 3.12. The van der Waals surface area contributed by atoms with Gasteiger partial charge in [-0.1, -0.05) is 81.5 Å². The number of aryl methyl sites for hydroxylation is 1. The Labute approximate surface area is 148 Å². The van der Waals surface area contributed by atoms with Crippen LogP contribution >= 0.6 is 0 Å². The van der Waals surface area contributed by atoms with Crippen LogP contribution in [0.5, 0.6) is 0 Å². The molecule has 0 aliphatic carbocycles. The van der Waals surface area contributed by atoms with Crippen molar-refractivity contribution >= 4 is 16.6 Å². The van der Waals surface area contributed by atoms with Crippen molar-refractivity contribution in [3.8, 4) is 0 Å². The minimum atomic E-state index is -0.0495. The Morgan fingerprint density at radius 3 is 2.56 bits per heavy atom. The number of aromatic amines is 1. The van der Waals surface area contributed by atoms with Crippen molar-refractivity contribution in [2.24, 2.45) is 0 Å². The summed E-state index contributed by atoms with van der Waals surface area (Å²) in [5.74, 6) is -0.0495. The first-order valence-electron chi connectivity index (χ1n) is 9.23. The normalized spacial score (nSPS) is 11.1. The van der Waals surface area contributed by atoms with Gasteiger partial charge in [-0.15, -0.1) is 0 Å². The first-order valence-corrected chi connectivity index (χ1v) is 9.23. The van der Waals surface area contributed by atoms with Crippen LogP contribution in [0.2, 0.25) is 0 Å². The van der Waals surface area contributed by atoms with Crippen LogP contribution in [0.3, 0.4) is 0 Å². The van der Waals surface area contributed by atoms with Gasteiger partial charge in [0, 0.05) is 5.56 Å². The van der Waals surface area contributed by atoms with Crippen molar-refractivity contribution < 1.29 is 4.79 Å². The van der Waals surface area contributed by atoms with Crippen molar-refractivity contribution in [2.75, 3.05) is 0 Å². The summed E-state index contributed by atoms with van der Waals surface area (Å²) < 4.78 is 0. The Kier molecular flexibility index (Phi) is 5.94. The van der Waals surface area contributed by atoms with Crippen molar-refractivity contribution in [2.45, 2.75) is 51.9 Å². The number of unbranched alkanes of at least 4 members (excludes halogenated alkanes) is 5. The highest BCUT2D eigenvalue weighted by molar-refractivity contribution is 6.15. The standard InChI is InChI=1S/C21H25N3O/c1-2-3-4-5-6-7-15-19-20(23-24-22-19)21(25)18-14-10-12-16-11-8-9-13-17(16)18/h8-14H,2-7,15H2,1H3,(H,22,23,24). The van der Waals surface area contributed by atoms with E-state index in [4.69, 9.17) is 0 Å². The second-order valence-electron chi connectivity index (χ2n) is 6.49. The number of carbonyl (C=O) groups excluding carboxylic acids is 1. The zero-order valence-electron chi connectivity index (χ0n) is 14.8. The number of hydrogen-bond donors (Lipinski definition) is 1. The van der Waals surface area contributed by atoms with Gasteiger partial charge in [-0.2, -0.15) is 15.4 Å². The first-order chi connectivity index (χ1) is 12.3. The number of benzene rings is 2. The van der Waals surface area contributed by atoms with Crippen molar-refractivity contribution in [3.05, 3.63) is 59.4 Å². The molecule has 0 amide bonds. The largest absolute Gasteiger partial charge is 0.287 e. The number of carbonyl (C=O) groups is 1. The molecule has 130 valence electrons. The van der Waals surface area contributed by atoms with Gasteiger partial charge in [-0.3, -0.25) is 4.79 Å². The quantitative estimate of drug-likeness (QED) is 0.437.